The lowest BCUT2D eigenvalue weighted by atomic mass is 10.0. The summed E-state index contributed by atoms with van der Waals surface area (Å²) in [7, 11) is 2.88. The van der Waals surface area contributed by atoms with Crippen LogP contribution in [-0.4, -0.2) is 25.7 Å². The lowest BCUT2D eigenvalue weighted by Crippen LogP contribution is -2.17. The molecule has 2 rings (SSSR count). The molecule has 0 bridgehead atoms. The molecular weight excluding hydrogens is 301 g/mol. The Morgan fingerprint density at radius 3 is 2.14 bits per heavy atom. The van der Waals surface area contributed by atoms with E-state index in [1.165, 1.54) is 32.4 Å². The molecule has 0 radical (unpaired) electrons. The number of benzene rings is 2. The molecule has 0 aliphatic rings. The largest absolute Gasteiger partial charge is 0.573 e. The quantitative estimate of drug-likeness (QED) is 0.927. The average molecular weight is 314 g/mol. The number of phenols is 1. The van der Waals surface area contributed by atoms with Crippen molar-refractivity contribution in [3.05, 3.63) is 36.4 Å². The number of hydrogen-bond donors (Lipinski definition) is 1. The zero-order chi connectivity index (χ0) is 16.3. The highest BCUT2D eigenvalue weighted by molar-refractivity contribution is 5.73. The Morgan fingerprint density at radius 2 is 1.55 bits per heavy atom. The van der Waals surface area contributed by atoms with E-state index in [9.17, 15) is 18.3 Å². The van der Waals surface area contributed by atoms with Crippen LogP contribution < -0.4 is 14.2 Å². The predicted octanol–water partition coefficient (Wildman–Crippen LogP) is 3.98. The molecule has 0 heterocycles. The smallest absolute Gasteiger partial charge is 0.508 e. The first-order valence-electron chi connectivity index (χ1n) is 6.15. The van der Waals surface area contributed by atoms with Crippen LogP contribution in [0.15, 0.2) is 36.4 Å². The van der Waals surface area contributed by atoms with Gasteiger partial charge in [-0.25, -0.2) is 0 Å². The summed E-state index contributed by atoms with van der Waals surface area (Å²) in [6.07, 6.45) is -4.86. The fraction of sp³-hybridized carbons (Fsp3) is 0.200. The molecule has 0 aromatic heterocycles. The van der Waals surface area contributed by atoms with Gasteiger partial charge < -0.3 is 19.3 Å². The molecule has 4 nitrogen and oxygen atoms in total. The number of methoxy groups -OCH3 is 2. The second-order valence-electron chi connectivity index (χ2n) is 4.30. The van der Waals surface area contributed by atoms with Gasteiger partial charge in [-0.1, -0.05) is 6.07 Å². The van der Waals surface area contributed by atoms with Crippen LogP contribution >= 0.6 is 0 Å². The summed E-state index contributed by atoms with van der Waals surface area (Å²) in [5, 5.41) is 9.37. The molecule has 0 aliphatic carbocycles. The van der Waals surface area contributed by atoms with Gasteiger partial charge in [-0.15, -0.1) is 13.2 Å². The van der Waals surface area contributed by atoms with E-state index in [-0.39, 0.29) is 11.3 Å². The molecule has 0 unspecified atom stereocenters. The predicted molar refractivity (Wildman–Crippen MR) is 73.3 cm³/mol. The molecular formula is C15H13F3O4. The summed E-state index contributed by atoms with van der Waals surface area (Å²) in [5.41, 5.74) is 0.591. The molecule has 7 heteroatoms. The number of ether oxygens (including phenoxy) is 3. The van der Waals surface area contributed by atoms with Crippen molar-refractivity contribution in [2.75, 3.05) is 14.2 Å². The van der Waals surface area contributed by atoms with Gasteiger partial charge in [0.25, 0.3) is 0 Å². The number of halogens is 3. The number of hydrogen-bond acceptors (Lipinski definition) is 4. The summed E-state index contributed by atoms with van der Waals surface area (Å²) in [5.74, 6) is -0.0162. The van der Waals surface area contributed by atoms with Gasteiger partial charge >= 0.3 is 6.36 Å². The van der Waals surface area contributed by atoms with Crippen molar-refractivity contribution < 1.29 is 32.5 Å². The topological polar surface area (TPSA) is 47.9 Å². The summed E-state index contributed by atoms with van der Waals surface area (Å²) in [6, 6.07) is 8.16. The molecule has 0 saturated carbocycles. The van der Waals surface area contributed by atoms with Crippen LogP contribution in [0.3, 0.4) is 0 Å². The summed E-state index contributed by atoms with van der Waals surface area (Å²) in [6.45, 7) is 0. The van der Waals surface area contributed by atoms with Crippen molar-refractivity contribution in [1.82, 2.24) is 0 Å². The second kappa shape index (κ2) is 6.05. The molecule has 0 atom stereocenters. The van der Waals surface area contributed by atoms with E-state index < -0.39 is 12.1 Å². The molecule has 0 aliphatic heterocycles. The minimum absolute atomic E-state index is 0.163. The Morgan fingerprint density at radius 1 is 0.864 bits per heavy atom. The van der Waals surface area contributed by atoms with Crippen LogP contribution in [0.5, 0.6) is 23.0 Å². The maximum Gasteiger partial charge on any atom is 0.573 e. The first-order chi connectivity index (χ1) is 10.3. The Labute approximate surface area is 124 Å². The Hall–Kier alpha value is -2.57. The zero-order valence-corrected chi connectivity index (χ0v) is 11.8. The first kappa shape index (κ1) is 15.8. The van der Waals surface area contributed by atoms with Crippen LogP contribution in [-0.2, 0) is 0 Å². The number of phenolic OH excluding ortho intramolecular Hbond substituents is 1. The molecule has 0 fully saturated rings. The van der Waals surface area contributed by atoms with Crippen molar-refractivity contribution in [3.63, 3.8) is 0 Å². The maximum absolute atomic E-state index is 12.5. The molecule has 2 aromatic carbocycles. The standard InChI is InChI=1S/C15H13F3O4/c1-20-12-6-3-9(7-14(12)21-2)11-5-4-10(19)8-13(11)22-15(16,17)18/h3-8,19H,1-2H3. The zero-order valence-electron chi connectivity index (χ0n) is 11.8. The van der Waals surface area contributed by atoms with Crippen LogP contribution in [0.2, 0.25) is 0 Å². The average Bonchev–Trinajstić information content (AvgIpc) is 2.45. The normalized spacial score (nSPS) is 11.1. The van der Waals surface area contributed by atoms with Gasteiger partial charge in [-0.05, 0) is 29.8 Å². The third kappa shape index (κ3) is 3.55. The highest BCUT2D eigenvalue weighted by Gasteiger charge is 2.32. The number of rotatable bonds is 4. The SMILES string of the molecule is COc1ccc(-c2ccc(O)cc2OC(F)(F)F)cc1OC. The van der Waals surface area contributed by atoms with Crippen molar-refractivity contribution in [2.24, 2.45) is 0 Å². The number of aromatic hydroxyl groups is 1. The molecule has 0 saturated heterocycles. The Kier molecular flexibility index (Phi) is 4.35. The van der Waals surface area contributed by atoms with Gasteiger partial charge in [-0.2, -0.15) is 0 Å². The number of alkyl halides is 3. The van der Waals surface area contributed by atoms with E-state index in [0.717, 1.165) is 6.07 Å². The van der Waals surface area contributed by atoms with Crippen molar-refractivity contribution in [1.29, 1.82) is 0 Å². The maximum atomic E-state index is 12.5. The van der Waals surface area contributed by atoms with E-state index in [4.69, 9.17) is 9.47 Å². The van der Waals surface area contributed by atoms with E-state index in [2.05, 4.69) is 4.74 Å². The van der Waals surface area contributed by atoms with Crippen molar-refractivity contribution >= 4 is 0 Å². The lowest BCUT2D eigenvalue weighted by molar-refractivity contribution is -0.274. The van der Waals surface area contributed by atoms with Gasteiger partial charge in [0.05, 0.1) is 14.2 Å². The van der Waals surface area contributed by atoms with Crippen LogP contribution in [0.25, 0.3) is 11.1 Å². The highest BCUT2D eigenvalue weighted by atomic mass is 19.4. The van der Waals surface area contributed by atoms with Gasteiger partial charge in [-0.3, -0.25) is 0 Å². The molecule has 118 valence electrons. The molecule has 22 heavy (non-hydrogen) atoms. The third-order valence-electron chi connectivity index (χ3n) is 2.89. The second-order valence-corrected chi connectivity index (χ2v) is 4.30. The summed E-state index contributed by atoms with van der Waals surface area (Å²) >= 11 is 0. The summed E-state index contributed by atoms with van der Waals surface area (Å²) in [4.78, 5) is 0. The minimum Gasteiger partial charge on any atom is -0.508 e. The van der Waals surface area contributed by atoms with E-state index in [1.807, 2.05) is 0 Å². The lowest BCUT2D eigenvalue weighted by Gasteiger charge is -2.15. The van der Waals surface area contributed by atoms with E-state index in [0.29, 0.717) is 17.1 Å². The molecule has 0 amide bonds. The fourth-order valence-electron chi connectivity index (χ4n) is 1.96. The Balaban J connectivity index is 2.52. The fourth-order valence-corrected chi connectivity index (χ4v) is 1.96. The molecule has 2 aromatic rings. The molecule has 0 spiro atoms. The van der Waals surface area contributed by atoms with Crippen molar-refractivity contribution in [3.8, 4) is 34.1 Å². The Bertz CT molecular complexity index is 668. The van der Waals surface area contributed by atoms with Gasteiger partial charge in [0.15, 0.2) is 11.5 Å². The van der Waals surface area contributed by atoms with Crippen LogP contribution in [0.1, 0.15) is 0 Å². The van der Waals surface area contributed by atoms with E-state index in [1.54, 1.807) is 12.1 Å². The van der Waals surface area contributed by atoms with Crippen LogP contribution in [0, 0.1) is 0 Å². The minimum atomic E-state index is -4.86. The highest BCUT2D eigenvalue weighted by Crippen LogP contribution is 2.39. The molecule has 1 N–H and O–H groups in total. The van der Waals surface area contributed by atoms with Gasteiger partial charge in [0, 0.05) is 11.6 Å². The van der Waals surface area contributed by atoms with E-state index >= 15 is 0 Å². The van der Waals surface area contributed by atoms with Crippen LogP contribution in [0.4, 0.5) is 13.2 Å². The van der Waals surface area contributed by atoms with Gasteiger partial charge in [0.1, 0.15) is 11.5 Å². The summed E-state index contributed by atoms with van der Waals surface area (Å²) < 4.78 is 51.6. The first-order valence-corrected chi connectivity index (χ1v) is 6.15. The van der Waals surface area contributed by atoms with Crippen molar-refractivity contribution in [2.45, 2.75) is 6.36 Å². The third-order valence-corrected chi connectivity index (χ3v) is 2.89. The van der Waals surface area contributed by atoms with Gasteiger partial charge in [0.2, 0.25) is 0 Å². The monoisotopic (exact) mass is 314 g/mol.